The average Bonchev–Trinajstić information content (AvgIpc) is 3.02. The summed E-state index contributed by atoms with van der Waals surface area (Å²) in [6.07, 6.45) is 8.26. The Morgan fingerprint density at radius 1 is 1.24 bits per heavy atom. The number of hydrogen-bond acceptors (Lipinski definition) is 4. The molecule has 3 rings (SSSR count). The van der Waals surface area contributed by atoms with Crippen LogP contribution in [0.1, 0.15) is 32.1 Å². The maximum atomic E-state index is 12.0. The van der Waals surface area contributed by atoms with E-state index in [1.54, 1.807) is 0 Å². The molecule has 1 amide bonds. The fourth-order valence-electron chi connectivity index (χ4n) is 2.95. The van der Waals surface area contributed by atoms with Crippen molar-refractivity contribution in [3.8, 4) is 11.4 Å². The molecule has 0 fully saturated rings. The summed E-state index contributed by atoms with van der Waals surface area (Å²) in [6, 6.07) is 9.94. The lowest BCUT2D eigenvalue weighted by atomic mass is 9.97. The Balaban J connectivity index is 1.46. The van der Waals surface area contributed by atoms with Gasteiger partial charge in [-0.3, -0.25) is 4.79 Å². The van der Waals surface area contributed by atoms with Crippen molar-refractivity contribution in [1.29, 1.82) is 0 Å². The zero-order chi connectivity index (χ0) is 17.5. The van der Waals surface area contributed by atoms with Crippen molar-refractivity contribution in [3.05, 3.63) is 42.0 Å². The number of benzene rings is 1. The van der Waals surface area contributed by atoms with E-state index < -0.39 is 0 Å². The van der Waals surface area contributed by atoms with E-state index in [1.165, 1.54) is 43.0 Å². The van der Waals surface area contributed by atoms with Crippen LogP contribution in [0, 0.1) is 0 Å². The number of nitrogens with zero attached hydrogens (tertiary/aromatic N) is 3. The van der Waals surface area contributed by atoms with Gasteiger partial charge in [-0.1, -0.05) is 53.7 Å². The molecule has 132 valence electrons. The summed E-state index contributed by atoms with van der Waals surface area (Å²) in [6.45, 7) is 0.722. The van der Waals surface area contributed by atoms with Gasteiger partial charge in [0.1, 0.15) is 0 Å². The number of allylic oxidation sites excluding steroid dienone is 1. The molecule has 1 aromatic heterocycles. The van der Waals surface area contributed by atoms with E-state index in [-0.39, 0.29) is 5.91 Å². The third kappa shape index (κ3) is 4.95. The van der Waals surface area contributed by atoms with Crippen molar-refractivity contribution in [1.82, 2.24) is 20.1 Å². The summed E-state index contributed by atoms with van der Waals surface area (Å²) in [4.78, 5) is 12.0. The van der Waals surface area contributed by atoms with E-state index in [1.807, 2.05) is 41.9 Å². The van der Waals surface area contributed by atoms with Crippen molar-refractivity contribution in [2.45, 2.75) is 37.3 Å². The highest BCUT2D eigenvalue weighted by atomic mass is 32.2. The van der Waals surface area contributed by atoms with Gasteiger partial charge in [-0.05, 0) is 32.1 Å². The van der Waals surface area contributed by atoms with Crippen LogP contribution in [0.5, 0.6) is 0 Å². The number of amides is 1. The summed E-state index contributed by atoms with van der Waals surface area (Å²) in [7, 11) is 1.93. The third-order valence-corrected chi connectivity index (χ3v) is 5.37. The molecule has 1 aliphatic carbocycles. The van der Waals surface area contributed by atoms with Gasteiger partial charge in [-0.2, -0.15) is 0 Å². The van der Waals surface area contributed by atoms with Crippen LogP contribution < -0.4 is 5.32 Å². The SMILES string of the molecule is Cn1c(SCC(=O)NCCC2=CCCCC2)nnc1-c1ccccc1. The molecule has 0 bridgehead atoms. The quantitative estimate of drug-likeness (QED) is 0.608. The highest BCUT2D eigenvalue weighted by Gasteiger charge is 2.12. The number of nitrogens with one attached hydrogen (secondary N) is 1. The summed E-state index contributed by atoms with van der Waals surface area (Å²) < 4.78 is 1.93. The van der Waals surface area contributed by atoms with E-state index in [4.69, 9.17) is 0 Å². The smallest absolute Gasteiger partial charge is 0.230 e. The van der Waals surface area contributed by atoms with Gasteiger partial charge in [0.2, 0.25) is 5.91 Å². The highest BCUT2D eigenvalue weighted by molar-refractivity contribution is 7.99. The van der Waals surface area contributed by atoms with E-state index >= 15 is 0 Å². The Labute approximate surface area is 152 Å². The van der Waals surface area contributed by atoms with Crippen LogP contribution in [-0.2, 0) is 11.8 Å². The van der Waals surface area contributed by atoms with Gasteiger partial charge in [0.05, 0.1) is 5.75 Å². The van der Waals surface area contributed by atoms with Crippen molar-refractivity contribution >= 4 is 17.7 Å². The van der Waals surface area contributed by atoms with Gasteiger partial charge in [-0.25, -0.2) is 0 Å². The first-order valence-electron chi connectivity index (χ1n) is 8.76. The number of thioether (sulfide) groups is 1. The molecule has 2 aromatic rings. The van der Waals surface area contributed by atoms with Crippen LogP contribution in [-0.4, -0.2) is 33.0 Å². The lowest BCUT2D eigenvalue weighted by Gasteiger charge is -2.12. The van der Waals surface area contributed by atoms with Gasteiger partial charge in [0.15, 0.2) is 11.0 Å². The minimum atomic E-state index is 0.0469. The second-order valence-electron chi connectivity index (χ2n) is 6.23. The standard InChI is InChI=1S/C19H24N4OS/c1-23-18(16-10-6-3-7-11-16)21-22-19(23)25-14-17(24)20-13-12-15-8-4-2-5-9-15/h3,6-8,10-11H,2,4-5,9,12-14H2,1H3,(H,20,24). The zero-order valence-electron chi connectivity index (χ0n) is 14.6. The molecule has 0 aliphatic heterocycles. The van der Waals surface area contributed by atoms with E-state index in [2.05, 4.69) is 21.6 Å². The molecule has 0 unspecified atom stereocenters. The first-order chi connectivity index (χ1) is 12.2. The third-order valence-electron chi connectivity index (χ3n) is 4.35. The van der Waals surface area contributed by atoms with Crippen LogP contribution in [0.3, 0.4) is 0 Å². The molecule has 25 heavy (non-hydrogen) atoms. The predicted molar refractivity (Wildman–Crippen MR) is 101 cm³/mol. The van der Waals surface area contributed by atoms with Crippen molar-refractivity contribution in [2.24, 2.45) is 7.05 Å². The lowest BCUT2D eigenvalue weighted by molar-refractivity contribution is -0.118. The average molecular weight is 356 g/mol. The van der Waals surface area contributed by atoms with Gasteiger partial charge in [-0.15, -0.1) is 10.2 Å². The van der Waals surface area contributed by atoms with Crippen LogP contribution in [0.25, 0.3) is 11.4 Å². The molecule has 1 heterocycles. The second kappa shape index (κ2) is 8.85. The number of aromatic nitrogens is 3. The molecular formula is C19H24N4OS. The van der Waals surface area contributed by atoms with Crippen LogP contribution >= 0.6 is 11.8 Å². The molecule has 5 nitrogen and oxygen atoms in total. The topological polar surface area (TPSA) is 59.8 Å². The van der Waals surface area contributed by atoms with Gasteiger partial charge < -0.3 is 9.88 Å². The maximum Gasteiger partial charge on any atom is 0.230 e. The molecule has 1 aliphatic rings. The molecule has 0 radical (unpaired) electrons. The Hall–Kier alpha value is -2.08. The van der Waals surface area contributed by atoms with Crippen LogP contribution in [0.4, 0.5) is 0 Å². The van der Waals surface area contributed by atoms with Gasteiger partial charge in [0, 0.05) is 19.2 Å². The molecule has 1 N–H and O–H groups in total. The van der Waals surface area contributed by atoms with Crippen LogP contribution in [0.2, 0.25) is 0 Å². The largest absolute Gasteiger partial charge is 0.355 e. The Kier molecular flexibility index (Phi) is 6.28. The van der Waals surface area contributed by atoms with Crippen molar-refractivity contribution in [3.63, 3.8) is 0 Å². The minimum absolute atomic E-state index is 0.0469. The Bertz CT molecular complexity index is 739. The normalized spacial score (nSPS) is 14.2. The Morgan fingerprint density at radius 2 is 2.08 bits per heavy atom. The zero-order valence-corrected chi connectivity index (χ0v) is 15.4. The first kappa shape index (κ1) is 17.7. The van der Waals surface area contributed by atoms with Crippen molar-refractivity contribution < 1.29 is 4.79 Å². The summed E-state index contributed by atoms with van der Waals surface area (Å²) >= 11 is 1.42. The fourth-order valence-corrected chi connectivity index (χ4v) is 3.70. The number of rotatable bonds is 7. The first-order valence-corrected chi connectivity index (χ1v) is 9.75. The van der Waals surface area contributed by atoms with Crippen molar-refractivity contribution in [2.75, 3.05) is 12.3 Å². The summed E-state index contributed by atoms with van der Waals surface area (Å²) in [5.74, 6) is 1.22. The number of hydrogen-bond donors (Lipinski definition) is 1. The second-order valence-corrected chi connectivity index (χ2v) is 7.17. The molecule has 0 spiro atoms. The van der Waals surface area contributed by atoms with E-state index in [0.717, 1.165) is 29.5 Å². The molecule has 1 aromatic carbocycles. The molecular weight excluding hydrogens is 332 g/mol. The monoisotopic (exact) mass is 356 g/mol. The minimum Gasteiger partial charge on any atom is -0.355 e. The predicted octanol–water partition coefficient (Wildman–Crippen LogP) is 3.58. The molecule has 6 heteroatoms. The fraction of sp³-hybridized carbons (Fsp3) is 0.421. The Morgan fingerprint density at radius 3 is 2.84 bits per heavy atom. The molecule has 0 saturated carbocycles. The highest BCUT2D eigenvalue weighted by Crippen LogP contribution is 2.22. The van der Waals surface area contributed by atoms with Crippen LogP contribution in [0.15, 0.2) is 47.1 Å². The summed E-state index contributed by atoms with van der Waals surface area (Å²) in [5, 5.41) is 12.2. The number of carbonyl (C=O) groups excluding carboxylic acids is 1. The van der Waals surface area contributed by atoms with E-state index in [0.29, 0.717) is 5.75 Å². The summed E-state index contributed by atoms with van der Waals surface area (Å²) in [5.41, 5.74) is 2.51. The maximum absolute atomic E-state index is 12.0. The van der Waals surface area contributed by atoms with Gasteiger partial charge >= 0.3 is 0 Å². The molecule has 0 saturated heterocycles. The van der Waals surface area contributed by atoms with E-state index in [9.17, 15) is 4.79 Å². The molecule has 0 atom stereocenters. The van der Waals surface area contributed by atoms with Gasteiger partial charge in [0.25, 0.3) is 0 Å². The number of carbonyl (C=O) groups is 1. The lowest BCUT2D eigenvalue weighted by Crippen LogP contribution is -2.26.